The molecule has 2 fully saturated rings. The molecular formula is C12H22. The molecule has 0 heteroatoms. The second-order valence-corrected chi connectivity index (χ2v) is 5.48. The van der Waals surface area contributed by atoms with Crippen molar-refractivity contribution in [1.82, 2.24) is 0 Å². The van der Waals surface area contributed by atoms with Gasteiger partial charge in [0.1, 0.15) is 0 Å². The molecular weight excluding hydrogens is 144 g/mol. The van der Waals surface area contributed by atoms with E-state index in [1.807, 2.05) is 0 Å². The van der Waals surface area contributed by atoms with Gasteiger partial charge in [-0.2, -0.15) is 0 Å². The Bertz CT molecular complexity index is 161. The van der Waals surface area contributed by atoms with Gasteiger partial charge in [0.25, 0.3) is 0 Å². The number of hydrogen-bond acceptors (Lipinski definition) is 0. The number of hydrogen-bond donors (Lipinski definition) is 0. The average molecular weight is 166 g/mol. The maximum Gasteiger partial charge on any atom is -0.0320 e. The summed E-state index contributed by atoms with van der Waals surface area (Å²) in [5.74, 6) is 2.16. The average Bonchev–Trinajstić information content (AvgIpc) is 2.30. The molecule has 0 nitrogen and oxygen atoms in total. The summed E-state index contributed by atoms with van der Waals surface area (Å²) in [4.78, 5) is 0. The van der Waals surface area contributed by atoms with Crippen LogP contribution < -0.4 is 0 Å². The fourth-order valence-corrected chi connectivity index (χ4v) is 3.50. The molecule has 0 aromatic carbocycles. The van der Waals surface area contributed by atoms with E-state index in [9.17, 15) is 0 Å². The topological polar surface area (TPSA) is 0 Å². The highest BCUT2D eigenvalue weighted by atomic mass is 14.4. The lowest BCUT2D eigenvalue weighted by molar-refractivity contribution is 0.247. The summed E-state index contributed by atoms with van der Waals surface area (Å²) in [6.45, 7) is 4.90. The van der Waals surface area contributed by atoms with Gasteiger partial charge in [-0.05, 0) is 42.9 Å². The van der Waals surface area contributed by atoms with Crippen LogP contribution in [-0.4, -0.2) is 0 Å². The van der Waals surface area contributed by atoms with Gasteiger partial charge >= 0.3 is 0 Å². The SMILES string of the molecule is CCC1CCC2CCC(C)(C1)C2. The van der Waals surface area contributed by atoms with Crippen molar-refractivity contribution >= 4 is 0 Å². The third-order valence-corrected chi connectivity index (χ3v) is 4.28. The molecule has 2 aliphatic carbocycles. The lowest BCUT2D eigenvalue weighted by Gasteiger charge is -2.27. The normalized spacial score (nSPS) is 47.5. The maximum atomic E-state index is 2.53. The van der Waals surface area contributed by atoms with Crippen LogP contribution in [0.15, 0.2) is 0 Å². The number of fused-ring (bicyclic) bond motifs is 2. The van der Waals surface area contributed by atoms with Crippen LogP contribution in [0, 0.1) is 17.3 Å². The Labute approximate surface area is 76.7 Å². The molecule has 0 aromatic heterocycles. The Balaban J connectivity index is 2.05. The van der Waals surface area contributed by atoms with Crippen LogP contribution >= 0.6 is 0 Å². The molecule has 2 saturated carbocycles. The molecule has 3 unspecified atom stereocenters. The van der Waals surface area contributed by atoms with E-state index in [2.05, 4.69) is 13.8 Å². The van der Waals surface area contributed by atoms with Crippen molar-refractivity contribution in [2.75, 3.05) is 0 Å². The first-order valence-corrected chi connectivity index (χ1v) is 5.72. The minimum atomic E-state index is 0.752. The maximum absolute atomic E-state index is 2.53. The minimum absolute atomic E-state index is 0.752. The molecule has 2 aliphatic rings. The van der Waals surface area contributed by atoms with Gasteiger partial charge in [0.2, 0.25) is 0 Å². The third-order valence-electron chi connectivity index (χ3n) is 4.28. The first-order chi connectivity index (χ1) is 5.72. The standard InChI is InChI=1S/C12H22/c1-3-10-4-5-11-6-7-12(2,8-10)9-11/h10-11H,3-9H2,1-2H3. The van der Waals surface area contributed by atoms with Crippen molar-refractivity contribution < 1.29 is 0 Å². The van der Waals surface area contributed by atoms with Crippen molar-refractivity contribution in [2.24, 2.45) is 17.3 Å². The number of rotatable bonds is 1. The zero-order valence-corrected chi connectivity index (χ0v) is 8.60. The van der Waals surface area contributed by atoms with Crippen LogP contribution in [0.25, 0.3) is 0 Å². The van der Waals surface area contributed by atoms with Gasteiger partial charge < -0.3 is 0 Å². The molecule has 0 radical (unpaired) electrons. The Hall–Kier alpha value is 0. The molecule has 2 rings (SSSR count). The summed E-state index contributed by atoms with van der Waals surface area (Å²) in [5, 5.41) is 0. The Kier molecular flexibility index (Phi) is 2.18. The predicted molar refractivity (Wildman–Crippen MR) is 53.1 cm³/mol. The molecule has 0 aromatic rings. The first kappa shape index (κ1) is 8.59. The molecule has 0 saturated heterocycles. The lowest BCUT2D eigenvalue weighted by Crippen LogP contribution is -2.15. The summed E-state index contributed by atoms with van der Waals surface area (Å²) in [5.41, 5.74) is 0.752. The smallest absolute Gasteiger partial charge is 0.0320 e. The molecule has 0 spiro atoms. The van der Waals surface area contributed by atoms with Gasteiger partial charge in [0.05, 0.1) is 0 Å². The van der Waals surface area contributed by atoms with Gasteiger partial charge in [-0.15, -0.1) is 0 Å². The van der Waals surface area contributed by atoms with E-state index in [4.69, 9.17) is 0 Å². The van der Waals surface area contributed by atoms with Gasteiger partial charge in [-0.1, -0.05) is 33.1 Å². The van der Waals surface area contributed by atoms with E-state index < -0.39 is 0 Å². The summed E-state index contributed by atoms with van der Waals surface area (Å²) >= 11 is 0. The molecule has 3 atom stereocenters. The molecule has 70 valence electrons. The minimum Gasteiger partial charge on any atom is -0.0651 e. The van der Waals surface area contributed by atoms with Crippen LogP contribution in [0.1, 0.15) is 58.8 Å². The van der Waals surface area contributed by atoms with E-state index in [1.54, 1.807) is 6.42 Å². The largest absolute Gasteiger partial charge is 0.0651 e. The predicted octanol–water partition coefficient (Wildman–Crippen LogP) is 4.00. The first-order valence-electron chi connectivity index (χ1n) is 5.72. The zero-order chi connectivity index (χ0) is 8.60. The van der Waals surface area contributed by atoms with Crippen molar-refractivity contribution in [3.63, 3.8) is 0 Å². The summed E-state index contributed by atoms with van der Waals surface area (Å²) in [7, 11) is 0. The molecule has 0 N–H and O–H groups in total. The Morgan fingerprint density at radius 2 is 2.00 bits per heavy atom. The van der Waals surface area contributed by atoms with E-state index in [0.717, 1.165) is 17.3 Å². The summed E-state index contributed by atoms with van der Waals surface area (Å²) < 4.78 is 0. The Morgan fingerprint density at radius 1 is 1.17 bits per heavy atom. The van der Waals surface area contributed by atoms with Crippen LogP contribution in [0.5, 0.6) is 0 Å². The van der Waals surface area contributed by atoms with Crippen LogP contribution in [0.4, 0.5) is 0 Å². The van der Waals surface area contributed by atoms with Crippen molar-refractivity contribution in [3.8, 4) is 0 Å². The van der Waals surface area contributed by atoms with E-state index in [-0.39, 0.29) is 0 Å². The van der Waals surface area contributed by atoms with Crippen molar-refractivity contribution in [1.29, 1.82) is 0 Å². The zero-order valence-electron chi connectivity index (χ0n) is 8.60. The highest BCUT2D eigenvalue weighted by molar-refractivity contribution is 4.90. The van der Waals surface area contributed by atoms with Crippen LogP contribution in [-0.2, 0) is 0 Å². The van der Waals surface area contributed by atoms with E-state index in [1.165, 1.54) is 38.5 Å². The fraction of sp³-hybridized carbons (Fsp3) is 1.00. The Morgan fingerprint density at radius 3 is 2.75 bits per heavy atom. The fourth-order valence-electron chi connectivity index (χ4n) is 3.50. The van der Waals surface area contributed by atoms with Gasteiger partial charge in [-0.3, -0.25) is 0 Å². The second-order valence-electron chi connectivity index (χ2n) is 5.48. The highest BCUT2D eigenvalue weighted by Crippen LogP contribution is 2.51. The molecule has 0 aliphatic heterocycles. The summed E-state index contributed by atoms with van der Waals surface area (Å²) in [6, 6.07) is 0. The lowest BCUT2D eigenvalue weighted by atomic mass is 9.79. The van der Waals surface area contributed by atoms with Crippen molar-refractivity contribution in [2.45, 2.75) is 58.8 Å². The molecule has 12 heavy (non-hydrogen) atoms. The van der Waals surface area contributed by atoms with E-state index >= 15 is 0 Å². The summed E-state index contributed by atoms with van der Waals surface area (Å²) in [6.07, 6.45) is 10.6. The molecule has 0 heterocycles. The molecule has 0 amide bonds. The van der Waals surface area contributed by atoms with Crippen LogP contribution in [0.3, 0.4) is 0 Å². The third kappa shape index (κ3) is 1.53. The second kappa shape index (κ2) is 3.05. The van der Waals surface area contributed by atoms with Crippen molar-refractivity contribution in [3.05, 3.63) is 0 Å². The van der Waals surface area contributed by atoms with E-state index in [0.29, 0.717) is 0 Å². The molecule has 2 bridgehead atoms. The monoisotopic (exact) mass is 166 g/mol. The van der Waals surface area contributed by atoms with Gasteiger partial charge in [-0.25, -0.2) is 0 Å². The highest BCUT2D eigenvalue weighted by Gasteiger charge is 2.38. The van der Waals surface area contributed by atoms with Gasteiger partial charge in [0, 0.05) is 0 Å². The van der Waals surface area contributed by atoms with Crippen LogP contribution in [0.2, 0.25) is 0 Å². The van der Waals surface area contributed by atoms with Gasteiger partial charge in [0.15, 0.2) is 0 Å². The quantitative estimate of drug-likeness (QED) is 0.552.